The van der Waals surface area contributed by atoms with Crippen molar-refractivity contribution in [1.82, 2.24) is 0 Å². The first-order valence-electron chi connectivity index (χ1n) is 16.3. The second-order valence-corrected chi connectivity index (χ2v) is 11.9. The summed E-state index contributed by atoms with van der Waals surface area (Å²) in [6.07, 6.45) is 5.02. The van der Waals surface area contributed by atoms with Gasteiger partial charge in [-0.15, -0.1) is 0 Å². The molecule has 1 aliphatic carbocycles. The number of hydrogen-bond donors (Lipinski definition) is 1. The first-order chi connectivity index (χ1) is 23.5. The van der Waals surface area contributed by atoms with Crippen LogP contribution in [0.5, 0.6) is 23.0 Å². The van der Waals surface area contributed by atoms with Crippen molar-refractivity contribution in [3.05, 3.63) is 125 Å². The number of rotatable bonds is 12. The van der Waals surface area contributed by atoms with Crippen LogP contribution in [-0.4, -0.2) is 52.9 Å². The van der Waals surface area contributed by atoms with Crippen LogP contribution in [0.2, 0.25) is 0 Å². The lowest BCUT2D eigenvalue weighted by molar-refractivity contribution is -0.0500. The lowest BCUT2D eigenvalue weighted by Crippen LogP contribution is -2.36. The Morgan fingerprint density at radius 2 is 1.40 bits per heavy atom. The van der Waals surface area contributed by atoms with Gasteiger partial charge in [0.25, 0.3) is 0 Å². The molecule has 0 saturated heterocycles. The Kier molecular flexibility index (Phi) is 8.60. The molecule has 0 spiro atoms. The van der Waals surface area contributed by atoms with Crippen LogP contribution in [0.1, 0.15) is 41.2 Å². The third-order valence-electron chi connectivity index (χ3n) is 9.62. The number of ether oxygens (including phenoxy) is 6. The van der Waals surface area contributed by atoms with Gasteiger partial charge in [0.15, 0.2) is 5.60 Å². The largest absolute Gasteiger partial charge is 0.497 e. The van der Waals surface area contributed by atoms with Gasteiger partial charge in [0.05, 0.1) is 47.8 Å². The molecule has 0 saturated carbocycles. The van der Waals surface area contributed by atoms with Gasteiger partial charge in [-0.3, -0.25) is 0 Å². The monoisotopic (exact) mass is 644 g/mol. The van der Waals surface area contributed by atoms with E-state index < -0.39 is 11.2 Å². The van der Waals surface area contributed by atoms with Crippen molar-refractivity contribution in [2.45, 2.75) is 24.5 Å². The molecule has 7 heteroatoms. The van der Waals surface area contributed by atoms with Gasteiger partial charge < -0.3 is 33.5 Å². The molecule has 0 radical (unpaired) electrons. The van der Waals surface area contributed by atoms with Crippen LogP contribution in [0.4, 0.5) is 0 Å². The molecule has 0 fully saturated rings. The third kappa shape index (κ3) is 5.01. The number of fused-ring (bicyclic) bond motifs is 8. The lowest BCUT2D eigenvalue weighted by Gasteiger charge is -2.39. The van der Waals surface area contributed by atoms with E-state index in [-0.39, 0.29) is 13.2 Å². The topological polar surface area (TPSA) is 75.6 Å². The Labute approximate surface area is 281 Å². The molecule has 7 rings (SSSR count). The number of methoxy groups -OCH3 is 3. The van der Waals surface area contributed by atoms with Crippen molar-refractivity contribution in [3.8, 4) is 34.1 Å². The SMILES string of the molecule is CCC1(OCCOCCO)c2cc(OC)ccc2-c2c1c1c(c3cc(OC)ccc23)OC(c2ccccc2)(c2ccc(OC)cc2)C=C1. The molecule has 48 heavy (non-hydrogen) atoms. The number of benzene rings is 5. The maximum Gasteiger partial charge on any atom is 0.178 e. The molecule has 2 atom stereocenters. The number of aliphatic hydroxyl groups excluding tert-OH is 1. The summed E-state index contributed by atoms with van der Waals surface area (Å²) >= 11 is 0. The van der Waals surface area contributed by atoms with Crippen LogP contribution >= 0.6 is 0 Å². The summed E-state index contributed by atoms with van der Waals surface area (Å²) in [6, 6.07) is 30.8. The average molecular weight is 645 g/mol. The fourth-order valence-electron chi connectivity index (χ4n) is 7.35. The molecular formula is C41H40O7. The highest BCUT2D eigenvalue weighted by molar-refractivity contribution is 6.09. The smallest absolute Gasteiger partial charge is 0.178 e. The molecule has 5 aromatic carbocycles. The summed E-state index contributed by atoms with van der Waals surface area (Å²) in [5, 5.41) is 11.3. The van der Waals surface area contributed by atoms with Gasteiger partial charge in [0.1, 0.15) is 28.6 Å². The first-order valence-corrected chi connectivity index (χ1v) is 16.3. The van der Waals surface area contributed by atoms with Gasteiger partial charge in [-0.2, -0.15) is 0 Å². The van der Waals surface area contributed by atoms with Crippen LogP contribution in [-0.2, 0) is 20.7 Å². The summed E-state index contributed by atoms with van der Waals surface area (Å²) < 4.78 is 37.0. The predicted octanol–water partition coefficient (Wildman–Crippen LogP) is 7.87. The van der Waals surface area contributed by atoms with E-state index in [0.717, 1.165) is 72.7 Å². The maximum absolute atomic E-state index is 9.28. The highest BCUT2D eigenvalue weighted by Gasteiger charge is 2.49. The van der Waals surface area contributed by atoms with Gasteiger partial charge in [-0.1, -0.05) is 61.5 Å². The van der Waals surface area contributed by atoms with E-state index in [1.54, 1.807) is 21.3 Å². The molecule has 1 heterocycles. The highest BCUT2D eigenvalue weighted by Crippen LogP contribution is 2.60. The summed E-state index contributed by atoms with van der Waals surface area (Å²) in [7, 11) is 5.04. The zero-order chi connectivity index (χ0) is 33.3. The molecule has 1 N–H and O–H groups in total. The molecule has 0 amide bonds. The van der Waals surface area contributed by atoms with E-state index in [1.165, 1.54) is 0 Å². The van der Waals surface area contributed by atoms with Crippen LogP contribution in [0.25, 0.3) is 28.0 Å². The van der Waals surface area contributed by atoms with Crippen molar-refractivity contribution in [1.29, 1.82) is 0 Å². The molecular weight excluding hydrogens is 604 g/mol. The van der Waals surface area contributed by atoms with Gasteiger partial charge in [0.2, 0.25) is 0 Å². The highest BCUT2D eigenvalue weighted by atomic mass is 16.5. The molecule has 0 aromatic heterocycles. The van der Waals surface area contributed by atoms with E-state index in [0.29, 0.717) is 19.6 Å². The maximum atomic E-state index is 9.28. The zero-order valence-corrected chi connectivity index (χ0v) is 27.7. The van der Waals surface area contributed by atoms with E-state index in [1.807, 2.05) is 42.5 Å². The molecule has 2 aliphatic rings. The standard InChI is InChI=1S/C41H40O7/c1-5-40(47-24-23-46-22-21-42)36-26-31(45-4)16-18-33(36)37-32-17-15-30(44-3)25-35(32)39-34(38(37)40)19-20-41(48-39,27-9-7-6-8-10-27)28-11-13-29(43-2)14-12-28/h6-20,25-26,42H,5,21-24H2,1-4H3. The number of aliphatic hydroxyl groups is 1. The Morgan fingerprint density at radius 3 is 2.10 bits per heavy atom. The average Bonchev–Trinajstić information content (AvgIpc) is 3.44. The molecule has 2 unspecified atom stereocenters. The van der Waals surface area contributed by atoms with Crippen LogP contribution in [0.3, 0.4) is 0 Å². The first kappa shape index (κ1) is 31.8. The normalized spacial score (nSPS) is 18.9. The summed E-state index contributed by atoms with van der Waals surface area (Å²) in [6.45, 7) is 3.06. The van der Waals surface area contributed by atoms with Crippen molar-refractivity contribution in [2.75, 3.05) is 47.8 Å². The van der Waals surface area contributed by atoms with Gasteiger partial charge in [-0.05, 0) is 77.0 Å². The van der Waals surface area contributed by atoms with Gasteiger partial charge in [-0.25, -0.2) is 0 Å². The molecule has 246 valence electrons. The third-order valence-corrected chi connectivity index (χ3v) is 9.62. The van der Waals surface area contributed by atoms with Crippen LogP contribution in [0, 0.1) is 0 Å². The molecule has 0 bridgehead atoms. The zero-order valence-electron chi connectivity index (χ0n) is 27.7. The second-order valence-electron chi connectivity index (χ2n) is 11.9. The molecule has 5 aromatic rings. The lowest BCUT2D eigenvalue weighted by atomic mass is 9.79. The summed E-state index contributed by atoms with van der Waals surface area (Å²) in [4.78, 5) is 0. The van der Waals surface area contributed by atoms with Gasteiger partial charge >= 0.3 is 0 Å². The van der Waals surface area contributed by atoms with E-state index in [9.17, 15) is 5.11 Å². The Morgan fingerprint density at radius 1 is 0.708 bits per heavy atom. The Hall–Kier alpha value is -4.82. The van der Waals surface area contributed by atoms with Crippen LogP contribution < -0.4 is 18.9 Å². The summed E-state index contributed by atoms with van der Waals surface area (Å²) in [5.74, 6) is 3.03. The van der Waals surface area contributed by atoms with E-state index in [4.69, 9.17) is 28.4 Å². The second kappa shape index (κ2) is 13.0. The van der Waals surface area contributed by atoms with Crippen LogP contribution in [0.15, 0.2) is 97.1 Å². The fraction of sp³-hybridized carbons (Fsp3) is 0.268. The van der Waals surface area contributed by atoms with Crippen molar-refractivity contribution < 1.29 is 33.5 Å². The van der Waals surface area contributed by atoms with Crippen molar-refractivity contribution in [3.63, 3.8) is 0 Å². The molecule has 1 aliphatic heterocycles. The summed E-state index contributed by atoms with van der Waals surface area (Å²) in [5.41, 5.74) is 5.47. The minimum atomic E-state index is -0.923. The van der Waals surface area contributed by atoms with E-state index >= 15 is 0 Å². The molecule has 7 nitrogen and oxygen atoms in total. The van der Waals surface area contributed by atoms with Gasteiger partial charge in [0, 0.05) is 27.6 Å². The van der Waals surface area contributed by atoms with E-state index in [2.05, 4.69) is 67.6 Å². The quantitative estimate of drug-likeness (QED) is 0.139. The Bertz CT molecular complexity index is 1970. The minimum Gasteiger partial charge on any atom is -0.497 e. The number of hydrogen-bond acceptors (Lipinski definition) is 7. The Balaban J connectivity index is 1.52. The predicted molar refractivity (Wildman–Crippen MR) is 187 cm³/mol. The van der Waals surface area contributed by atoms with Crippen molar-refractivity contribution >= 4 is 16.8 Å². The minimum absolute atomic E-state index is 0.0375. The van der Waals surface area contributed by atoms with Crippen molar-refractivity contribution in [2.24, 2.45) is 0 Å². The fourth-order valence-corrected chi connectivity index (χ4v) is 7.35.